The van der Waals surface area contributed by atoms with E-state index in [-0.39, 0.29) is 22.0 Å². The summed E-state index contributed by atoms with van der Waals surface area (Å²) in [4.78, 5) is 14.6. The first-order chi connectivity index (χ1) is 9.01. The van der Waals surface area contributed by atoms with Crippen molar-refractivity contribution in [2.24, 2.45) is 0 Å². The molecule has 8 heteroatoms. The van der Waals surface area contributed by atoms with E-state index in [1.54, 1.807) is 0 Å². The lowest BCUT2D eigenvalue weighted by atomic mass is 10.2. The van der Waals surface area contributed by atoms with Crippen LogP contribution in [0.2, 0.25) is 0 Å². The number of aromatic nitrogens is 3. The minimum Gasteiger partial charge on any atom is -0.481 e. The summed E-state index contributed by atoms with van der Waals surface area (Å²) < 4.78 is 27.5. The number of aliphatic carboxylic acids is 1. The summed E-state index contributed by atoms with van der Waals surface area (Å²) in [5, 5.41) is 13.2. The van der Waals surface area contributed by atoms with Crippen LogP contribution in [0.1, 0.15) is 18.9 Å². The Hall–Kier alpha value is -1.70. The van der Waals surface area contributed by atoms with E-state index in [0.717, 1.165) is 11.8 Å². The molecule has 0 aliphatic carbocycles. The molecule has 0 fully saturated rings. The molecule has 2 aromatic heterocycles. The largest absolute Gasteiger partial charge is 0.481 e. The van der Waals surface area contributed by atoms with Crippen molar-refractivity contribution in [1.82, 2.24) is 14.8 Å². The predicted octanol–water partition coefficient (Wildman–Crippen LogP) is 2.57. The van der Waals surface area contributed by atoms with Gasteiger partial charge in [0.25, 0.3) is 6.43 Å². The quantitative estimate of drug-likeness (QED) is 0.856. The van der Waals surface area contributed by atoms with E-state index >= 15 is 0 Å². The van der Waals surface area contributed by atoms with Crippen molar-refractivity contribution in [3.05, 3.63) is 17.8 Å². The van der Waals surface area contributed by atoms with Gasteiger partial charge in [-0.05, 0) is 13.0 Å². The molecule has 2 heterocycles. The van der Waals surface area contributed by atoms with Crippen LogP contribution in [0.25, 0.3) is 11.0 Å². The molecule has 0 bridgehead atoms. The van der Waals surface area contributed by atoms with Gasteiger partial charge in [-0.1, -0.05) is 11.8 Å². The molecule has 0 amide bonds. The number of nitrogens with zero attached hydrogens (tertiary/aromatic N) is 3. The second-order valence-corrected chi connectivity index (χ2v) is 4.75. The van der Waals surface area contributed by atoms with Gasteiger partial charge in [-0.3, -0.25) is 9.48 Å². The highest BCUT2D eigenvalue weighted by Gasteiger charge is 2.17. The van der Waals surface area contributed by atoms with Gasteiger partial charge in [-0.25, -0.2) is 13.8 Å². The maximum Gasteiger partial charge on any atom is 0.313 e. The van der Waals surface area contributed by atoms with Crippen LogP contribution in [-0.4, -0.2) is 31.6 Å². The third-order valence-electron chi connectivity index (χ3n) is 2.45. The number of halogens is 2. The molecule has 102 valence electrons. The number of rotatable bonds is 5. The molecule has 5 nitrogen and oxygen atoms in total. The molecular weight excluding hydrogens is 276 g/mol. The first-order valence-corrected chi connectivity index (χ1v) is 6.50. The van der Waals surface area contributed by atoms with Crippen LogP contribution in [0.4, 0.5) is 8.78 Å². The molecule has 19 heavy (non-hydrogen) atoms. The summed E-state index contributed by atoms with van der Waals surface area (Å²) in [6.07, 6.45) is -1.13. The highest BCUT2D eigenvalue weighted by Crippen LogP contribution is 2.30. The standard InChI is InChI=1S/C11H11F2N3O2S/c1-2-16-4-7-6(10(12)13)3-8(14-11(7)15-16)19-5-9(17)18/h3-4,10H,2,5H2,1H3,(H,17,18). The molecule has 0 unspecified atom stereocenters. The number of alkyl halides is 2. The van der Waals surface area contributed by atoms with Crippen molar-refractivity contribution in [3.8, 4) is 0 Å². The SMILES string of the molecule is CCn1cc2c(C(F)F)cc(SCC(=O)O)nc2n1. The number of aryl methyl sites for hydroxylation is 1. The minimum absolute atomic E-state index is 0.169. The van der Waals surface area contributed by atoms with Gasteiger partial charge in [-0.15, -0.1) is 0 Å². The van der Waals surface area contributed by atoms with Crippen LogP contribution < -0.4 is 0 Å². The second-order valence-electron chi connectivity index (χ2n) is 3.75. The predicted molar refractivity (Wildman–Crippen MR) is 66.5 cm³/mol. The average molecular weight is 287 g/mol. The van der Waals surface area contributed by atoms with E-state index < -0.39 is 12.4 Å². The van der Waals surface area contributed by atoms with Crippen molar-refractivity contribution < 1.29 is 18.7 Å². The molecule has 0 aromatic carbocycles. The van der Waals surface area contributed by atoms with E-state index in [1.807, 2.05) is 6.92 Å². The number of carbonyl (C=O) groups is 1. The average Bonchev–Trinajstić information content (AvgIpc) is 2.77. The molecule has 1 N–H and O–H groups in total. The Morgan fingerprint density at radius 2 is 2.32 bits per heavy atom. The van der Waals surface area contributed by atoms with Crippen molar-refractivity contribution in [2.75, 3.05) is 5.75 Å². The summed E-state index contributed by atoms with van der Waals surface area (Å²) in [5.74, 6) is -1.25. The van der Waals surface area contributed by atoms with Crippen molar-refractivity contribution in [3.63, 3.8) is 0 Å². The third-order valence-corrected chi connectivity index (χ3v) is 3.35. The Kier molecular flexibility index (Phi) is 3.98. The molecule has 0 aliphatic rings. The number of pyridine rings is 1. The maximum absolute atomic E-state index is 13.0. The fourth-order valence-electron chi connectivity index (χ4n) is 1.60. The van der Waals surface area contributed by atoms with Crippen LogP contribution in [-0.2, 0) is 11.3 Å². The van der Waals surface area contributed by atoms with Gasteiger partial charge in [0.05, 0.1) is 10.8 Å². The smallest absolute Gasteiger partial charge is 0.313 e. The number of thioether (sulfide) groups is 1. The molecular formula is C11H11F2N3O2S. The van der Waals surface area contributed by atoms with Gasteiger partial charge in [0, 0.05) is 23.7 Å². The van der Waals surface area contributed by atoms with Gasteiger partial charge in [0.15, 0.2) is 5.65 Å². The zero-order valence-corrected chi connectivity index (χ0v) is 10.8. The summed E-state index contributed by atoms with van der Waals surface area (Å²) in [6, 6.07) is 1.22. The molecule has 0 saturated heterocycles. The fourth-order valence-corrected chi connectivity index (χ4v) is 2.23. The summed E-state index contributed by atoms with van der Waals surface area (Å²) in [7, 11) is 0. The maximum atomic E-state index is 13.0. The second kappa shape index (κ2) is 5.52. The van der Waals surface area contributed by atoms with Crippen LogP contribution in [0.5, 0.6) is 0 Å². The Morgan fingerprint density at radius 1 is 1.58 bits per heavy atom. The lowest BCUT2D eigenvalue weighted by molar-refractivity contribution is -0.133. The van der Waals surface area contributed by atoms with Gasteiger partial charge in [0.1, 0.15) is 0 Å². The van der Waals surface area contributed by atoms with Crippen LogP contribution in [0.15, 0.2) is 17.3 Å². The van der Waals surface area contributed by atoms with E-state index in [9.17, 15) is 13.6 Å². The molecule has 0 atom stereocenters. The van der Waals surface area contributed by atoms with E-state index in [4.69, 9.17) is 5.11 Å². The van der Waals surface area contributed by atoms with Crippen molar-refractivity contribution >= 4 is 28.8 Å². The molecule has 2 rings (SSSR count). The lowest BCUT2D eigenvalue weighted by Crippen LogP contribution is -1.99. The number of carboxylic acids is 1. The van der Waals surface area contributed by atoms with Crippen LogP contribution >= 0.6 is 11.8 Å². The zero-order valence-electron chi connectivity index (χ0n) is 10.0. The van der Waals surface area contributed by atoms with Gasteiger partial charge in [0.2, 0.25) is 0 Å². The molecule has 2 aromatic rings. The Labute approximate surface area is 111 Å². The van der Waals surface area contributed by atoms with E-state index in [1.165, 1.54) is 16.9 Å². The third kappa shape index (κ3) is 3.01. The van der Waals surface area contributed by atoms with Crippen molar-refractivity contribution in [1.29, 1.82) is 0 Å². The van der Waals surface area contributed by atoms with Crippen molar-refractivity contribution in [2.45, 2.75) is 24.9 Å². The van der Waals surface area contributed by atoms with E-state index in [0.29, 0.717) is 11.9 Å². The first kappa shape index (κ1) is 13.7. The Balaban J connectivity index is 2.47. The van der Waals surface area contributed by atoms with Gasteiger partial charge in [-0.2, -0.15) is 5.10 Å². The zero-order chi connectivity index (χ0) is 14.0. The summed E-state index contributed by atoms with van der Waals surface area (Å²) >= 11 is 0.899. The molecule has 0 radical (unpaired) electrons. The lowest BCUT2D eigenvalue weighted by Gasteiger charge is -2.03. The minimum atomic E-state index is -2.65. The highest BCUT2D eigenvalue weighted by molar-refractivity contribution is 7.99. The Bertz CT molecular complexity index is 615. The van der Waals surface area contributed by atoms with Gasteiger partial charge < -0.3 is 5.11 Å². The fraction of sp³-hybridized carbons (Fsp3) is 0.364. The Morgan fingerprint density at radius 3 is 2.89 bits per heavy atom. The molecule has 0 aliphatic heterocycles. The number of carboxylic acid groups (broad SMARTS) is 1. The molecule has 0 spiro atoms. The normalized spacial score (nSPS) is 11.4. The number of hydrogen-bond acceptors (Lipinski definition) is 4. The monoisotopic (exact) mass is 287 g/mol. The number of fused-ring (bicyclic) bond motifs is 1. The first-order valence-electron chi connectivity index (χ1n) is 5.52. The number of hydrogen-bond donors (Lipinski definition) is 1. The summed E-state index contributed by atoms with van der Waals surface area (Å²) in [5.41, 5.74) is 0.0464. The van der Waals surface area contributed by atoms with Crippen LogP contribution in [0, 0.1) is 0 Å². The highest BCUT2D eigenvalue weighted by atomic mass is 32.2. The summed E-state index contributed by atoms with van der Waals surface area (Å²) in [6.45, 7) is 2.39. The topological polar surface area (TPSA) is 68.0 Å². The van der Waals surface area contributed by atoms with Crippen LogP contribution in [0.3, 0.4) is 0 Å². The van der Waals surface area contributed by atoms with E-state index in [2.05, 4.69) is 10.1 Å². The molecule has 0 saturated carbocycles. The van der Waals surface area contributed by atoms with Gasteiger partial charge >= 0.3 is 5.97 Å².